The monoisotopic (exact) mass is 414 g/mol. The lowest BCUT2D eigenvalue weighted by Gasteiger charge is -2.28. The molecule has 0 heterocycles. The van der Waals surface area contributed by atoms with Gasteiger partial charge in [-0.05, 0) is 58.0 Å². The van der Waals surface area contributed by atoms with E-state index >= 15 is 0 Å². The van der Waals surface area contributed by atoms with Gasteiger partial charge in [0.1, 0.15) is 0 Å². The molecule has 0 saturated carbocycles. The number of para-hydroxylation sites is 1. The fraction of sp³-hybridized carbons (Fsp3) is 0.417. The number of esters is 1. The van der Waals surface area contributed by atoms with Crippen molar-refractivity contribution >= 4 is 17.6 Å². The molecule has 0 aliphatic carbocycles. The van der Waals surface area contributed by atoms with Crippen LogP contribution in [0.4, 0.5) is 5.69 Å². The Bertz CT molecular complexity index is 810. The van der Waals surface area contributed by atoms with Crippen LogP contribution < -0.4 is 5.32 Å². The number of anilines is 1. The Balaban J connectivity index is 0.000000424. The van der Waals surface area contributed by atoms with Crippen LogP contribution in [0.2, 0.25) is 0 Å². The van der Waals surface area contributed by atoms with Crippen molar-refractivity contribution in [2.75, 3.05) is 19.0 Å². The molecule has 0 amide bonds. The van der Waals surface area contributed by atoms with Gasteiger partial charge >= 0.3 is 11.9 Å². The molecular formula is C24H34N2O4. The number of carbonyl (C=O) groups excluding carboxylic acids is 1. The maximum absolute atomic E-state index is 11.7. The molecule has 2 N–H and O–H groups in total. The molecule has 0 unspecified atom stereocenters. The highest BCUT2D eigenvalue weighted by atomic mass is 16.5. The van der Waals surface area contributed by atoms with E-state index in [0.29, 0.717) is 35.4 Å². The zero-order valence-corrected chi connectivity index (χ0v) is 18.8. The number of nitrogens with zero attached hydrogens (tertiary/aromatic N) is 1. The fourth-order valence-electron chi connectivity index (χ4n) is 3.33. The van der Waals surface area contributed by atoms with Crippen molar-refractivity contribution in [2.45, 2.75) is 53.2 Å². The third-order valence-corrected chi connectivity index (χ3v) is 4.74. The van der Waals surface area contributed by atoms with E-state index in [4.69, 9.17) is 9.84 Å². The quantitative estimate of drug-likeness (QED) is 0.598. The van der Waals surface area contributed by atoms with Gasteiger partial charge in [-0.3, -0.25) is 4.90 Å². The van der Waals surface area contributed by atoms with Crippen molar-refractivity contribution in [3.8, 4) is 0 Å². The van der Waals surface area contributed by atoms with Gasteiger partial charge in [0.15, 0.2) is 0 Å². The van der Waals surface area contributed by atoms with Crippen LogP contribution in [0.1, 0.15) is 60.9 Å². The van der Waals surface area contributed by atoms with Gasteiger partial charge in [-0.15, -0.1) is 0 Å². The predicted molar refractivity (Wildman–Crippen MR) is 121 cm³/mol. The van der Waals surface area contributed by atoms with E-state index in [0.717, 1.165) is 6.54 Å². The van der Waals surface area contributed by atoms with Gasteiger partial charge in [0.05, 0.1) is 18.2 Å². The van der Waals surface area contributed by atoms with Crippen LogP contribution in [-0.4, -0.2) is 47.7 Å². The van der Waals surface area contributed by atoms with E-state index in [1.807, 2.05) is 0 Å². The number of ether oxygens (including phenoxy) is 1. The summed E-state index contributed by atoms with van der Waals surface area (Å²) in [5, 5.41) is 12.2. The van der Waals surface area contributed by atoms with Crippen molar-refractivity contribution in [1.82, 2.24) is 4.90 Å². The summed E-state index contributed by atoms with van der Waals surface area (Å²) in [7, 11) is 1.32. The number of benzene rings is 2. The fourth-order valence-corrected chi connectivity index (χ4v) is 3.33. The molecule has 2 rings (SSSR count). The second kappa shape index (κ2) is 12.6. The van der Waals surface area contributed by atoms with E-state index in [2.05, 4.69) is 44.8 Å². The van der Waals surface area contributed by atoms with E-state index < -0.39 is 11.9 Å². The Morgan fingerprint density at radius 2 is 1.50 bits per heavy atom. The summed E-state index contributed by atoms with van der Waals surface area (Å²) < 4.78 is 4.72. The lowest BCUT2D eigenvalue weighted by Crippen LogP contribution is -2.36. The van der Waals surface area contributed by atoms with Gasteiger partial charge in [-0.1, -0.05) is 37.3 Å². The minimum atomic E-state index is -0.978. The summed E-state index contributed by atoms with van der Waals surface area (Å²) in [5.41, 5.74) is 1.89. The van der Waals surface area contributed by atoms with Crippen LogP contribution in [0.25, 0.3) is 0 Å². The molecule has 0 spiro atoms. The van der Waals surface area contributed by atoms with Gasteiger partial charge < -0.3 is 15.2 Å². The molecule has 0 bridgehead atoms. The van der Waals surface area contributed by atoms with Gasteiger partial charge in [0, 0.05) is 24.3 Å². The minimum Gasteiger partial charge on any atom is -0.478 e. The van der Waals surface area contributed by atoms with Gasteiger partial charge in [0.2, 0.25) is 0 Å². The second-order valence-electron chi connectivity index (χ2n) is 7.37. The van der Waals surface area contributed by atoms with Crippen molar-refractivity contribution in [3.63, 3.8) is 0 Å². The summed E-state index contributed by atoms with van der Waals surface area (Å²) in [5.74, 6) is -1.42. The summed E-state index contributed by atoms with van der Waals surface area (Å²) >= 11 is 0. The van der Waals surface area contributed by atoms with E-state index in [9.17, 15) is 9.59 Å². The van der Waals surface area contributed by atoms with Crippen LogP contribution >= 0.6 is 0 Å². The molecule has 0 radical (unpaired) electrons. The molecule has 0 aromatic heterocycles. The van der Waals surface area contributed by atoms with Gasteiger partial charge in [-0.2, -0.15) is 0 Å². The second-order valence-corrected chi connectivity index (χ2v) is 7.37. The molecule has 30 heavy (non-hydrogen) atoms. The molecule has 0 aliphatic rings. The molecule has 2 aromatic carbocycles. The first kappa shape index (κ1) is 25.2. The predicted octanol–water partition coefficient (Wildman–Crippen LogP) is 4.91. The number of hydrogen-bond donors (Lipinski definition) is 2. The molecule has 0 aliphatic heterocycles. The number of carbonyl (C=O) groups is 2. The van der Waals surface area contributed by atoms with Crippen LogP contribution in [0.15, 0.2) is 48.5 Å². The first-order valence-electron chi connectivity index (χ1n) is 10.2. The highest BCUT2D eigenvalue weighted by Crippen LogP contribution is 2.18. The van der Waals surface area contributed by atoms with Crippen LogP contribution in [0, 0.1) is 0 Å². The van der Waals surface area contributed by atoms with Crippen molar-refractivity contribution in [1.29, 1.82) is 0 Å². The third kappa shape index (κ3) is 7.52. The Kier molecular flexibility index (Phi) is 10.6. The summed E-state index contributed by atoms with van der Waals surface area (Å²) in [6, 6.07) is 15.0. The highest BCUT2D eigenvalue weighted by Gasteiger charge is 2.13. The number of rotatable bonds is 8. The molecule has 0 saturated heterocycles. The SMILES string of the molecule is CCN(C(C)C)C(C)C.COC(=O)c1ccccc1NCc1ccccc1C(=O)O. The number of hydrogen-bond acceptors (Lipinski definition) is 5. The number of nitrogens with one attached hydrogen (secondary N) is 1. The molecule has 2 aromatic rings. The standard InChI is InChI=1S/C16H15NO4.C8H19N/c1-21-16(20)13-8-4-5-9-14(13)17-10-11-6-2-3-7-12(11)15(18)19;1-6-9(7(2)3)8(4)5/h2-9,17H,10H2,1H3,(H,18,19);7-8H,6H2,1-5H3. The maximum atomic E-state index is 11.7. The largest absolute Gasteiger partial charge is 0.478 e. The van der Waals surface area contributed by atoms with Crippen molar-refractivity contribution in [3.05, 3.63) is 65.2 Å². The summed E-state index contributed by atoms with van der Waals surface area (Å²) in [6.07, 6.45) is 0. The maximum Gasteiger partial charge on any atom is 0.339 e. The smallest absolute Gasteiger partial charge is 0.339 e. The highest BCUT2D eigenvalue weighted by molar-refractivity contribution is 5.95. The lowest BCUT2D eigenvalue weighted by atomic mass is 10.1. The van der Waals surface area contributed by atoms with Gasteiger partial charge in [-0.25, -0.2) is 9.59 Å². The Hall–Kier alpha value is -2.86. The van der Waals surface area contributed by atoms with E-state index in [1.54, 1.807) is 48.5 Å². The first-order valence-corrected chi connectivity index (χ1v) is 10.2. The van der Waals surface area contributed by atoms with Crippen LogP contribution in [0.5, 0.6) is 0 Å². The molecule has 6 heteroatoms. The third-order valence-electron chi connectivity index (χ3n) is 4.74. The van der Waals surface area contributed by atoms with Crippen molar-refractivity contribution in [2.24, 2.45) is 0 Å². The number of methoxy groups -OCH3 is 1. The summed E-state index contributed by atoms with van der Waals surface area (Å²) in [6.45, 7) is 12.6. The van der Waals surface area contributed by atoms with Gasteiger partial charge in [0.25, 0.3) is 0 Å². The number of aromatic carboxylic acids is 1. The van der Waals surface area contributed by atoms with E-state index in [-0.39, 0.29) is 5.56 Å². The molecule has 6 nitrogen and oxygen atoms in total. The first-order chi connectivity index (χ1) is 14.2. The zero-order valence-electron chi connectivity index (χ0n) is 18.8. The Morgan fingerprint density at radius 1 is 0.967 bits per heavy atom. The molecule has 0 atom stereocenters. The number of carboxylic acid groups (broad SMARTS) is 1. The van der Waals surface area contributed by atoms with Crippen molar-refractivity contribution < 1.29 is 19.4 Å². The molecular weight excluding hydrogens is 380 g/mol. The lowest BCUT2D eigenvalue weighted by molar-refractivity contribution is 0.0600. The normalized spacial score (nSPS) is 10.6. The summed E-state index contributed by atoms with van der Waals surface area (Å²) in [4.78, 5) is 25.3. The van der Waals surface area contributed by atoms with Crippen LogP contribution in [0.3, 0.4) is 0 Å². The minimum absolute atomic E-state index is 0.237. The van der Waals surface area contributed by atoms with E-state index in [1.165, 1.54) is 7.11 Å². The topological polar surface area (TPSA) is 78.9 Å². The molecule has 0 fully saturated rings. The molecule has 164 valence electrons. The number of carboxylic acids is 1. The average molecular weight is 415 g/mol. The zero-order chi connectivity index (χ0) is 22.7. The average Bonchev–Trinajstić information content (AvgIpc) is 2.72. The Labute approximate surface area is 179 Å². The van der Waals surface area contributed by atoms with Crippen LogP contribution in [-0.2, 0) is 11.3 Å². The Morgan fingerprint density at radius 3 is 1.97 bits per heavy atom.